The lowest BCUT2D eigenvalue weighted by molar-refractivity contribution is 0.474. The van der Waals surface area contributed by atoms with Gasteiger partial charge in [0.25, 0.3) is 0 Å². The largest absolute Gasteiger partial charge is 0.377 e. The summed E-state index contributed by atoms with van der Waals surface area (Å²) in [6.07, 6.45) is 0. The third-order valence-electron chi connectivity index (χ3n) is 2.28. The van der Waals surface area contributed by atoms with Crippen LogP contribution in [0.25, 0.3) is 0 Å². The summed E-state index contributed by atoms with van der Waals surface area (Å²) in [5.74, 6) is -2.32. The Morgan fingerprint density at radius 2 is 1.75 bits per heavy atom. The average Bonchev–Trinajstić information content (AvgIpc) is 2.37. The Morgan fingerprint density at radius 3 is 2.45 bits per heavy atom. The van der Waals surface area contributed by atoms with Gasteiger partial charge in [-0.05, 0) is 30.3 Å². The van der Waals surface area contributed by atoms with Crippen molar-refractivity contribution in [1.29, 1.82) is 0 Å². The van der Waals surface area contributed by atoms with Crippen LogP contribution in [-0.2, 0) is 10.1 Å². The lowest BCUT2D eigenvalue weighted by Gasteiger charge is -2.09. The molecule has 0 radical (unpaired) electrons. The number of benzene rings is 2. The van der Waals surface area contributed by atoms with Gasteiger partial charge in [-0.1, -0.05) is 29.3 Å². The van der Waals surface area contributed by atoms with Gasteiger partial charge >= 0.3 is 10.1 Å². The van der Waals surface area contributed by atoms with Gasteiger partial charge in [0.1, 0.15) is 21.6 Å². The molecular formula is C12H6Cl2F2O3S. The van der Waals surface area contributed by atoms with E-state index in [2.05, 4.69) is 4.18 Å². The van der Waals surface area contributed by atoms with E-state index in [0.29, 0.717) is 12.1 Å². The topological polar surface area (TPSA) is 43.4 Å². The van der Waals surface area contributed by atoms with Gasteiger partial charge in [0.05, 0.1) is 5.02 Å². The molecule has 0 fully saturated rings. The van der Waals surface area contributed by atoms with Gasteiger partial charge in [-0.15, -0.1) is 0 Å². The molecule has 8 heteroatoms. The Bertz CT molecular complexity index is 763. The van der Waals surface area contributed by atoms with E-state index in [0.717, 1.165) is 6.07 Å². The fourth-order valence-electron chi connectivity index (χ4n) is 1.38. The first-order valence-corrected chi connectivity index (χ1v) is 7.31. The maximum absolute atomic E-state index is 13.5. The van der Waals surface area contributed by atoms with Crippen molar-refractivity contribution >= 4 is 33.3 Å². The number of hydrogen-bond donors (Lipinski definition) is 0. The van der Waals surface area contributed by atoms with Crippen LogP contribution in [0.5, 0.6) is 5.75 Å². The second-order valence-corrected chi connectivity index (χ2v) is 5.96. The summed E-state index contributed by atoms with van der Waals surface area (Å²) < 4.78 is 55.0. The molecule has 0 saturated heterocycles. The summed E-state index contributed by atoms with van der Waals surface area (Å²) in [4.78, 5) is -0.923. The molecule has 0 amide bonds. The maximum atomic E-state index is 13.5. The van der Waals surface area contributed by atoms with Crippen LogP contribution in [0.2, 0.25) is 10.0 Å². The zero-order chi connectivity index (χ0) is 14.9. The molecule has 0 unspecified atom stereocenters. The Labute approximate surface area is 123 Å². The normalized spacial score (nSPS) is 11.4. The van der Waals surface area contributed by atoms with Crippen molar-refractivity contribution in [2.45, 2.75) is 4.90 Å². The van der Waals surface area contributed by atoms with Crippen molar-refractivity contribution in [3.8, 4) is 5.75 Å². The zero-order valence-corrected chi connectivity index (χ0v) is 11.9. The highest BCUT2D eigenvalue weighted by Gasteiger charge is 2.23. The highest BCUT2D eigenvalue weighted by atomic mass is 35.5. The number of rotatable bonds is 3. The van der Waals surface area contributed by atoms with Crippen LogP contribution in [0.4, 0.5) is 8.78 Å². The minimum atomic E-state index is -4.56. The molecule has 0 aliphatic carbocycles. The van der Waals surface area contributed by atoms with Crippen LogP contribution in [0, 0.1) is 11.6 Å². The molecule has 0 aromatic heterocycles. The second-order valence-electron chi connectivity index (χ2n) is 3.66. The van der Waals surface area contributed by atoms with E-state index >= 15 is 0 Å². The fourth-order valence-corrected chi connectivity index (χ4v) is 2.79. The standard InChI is InChI=1S/C12H6Cl2F2O3S/c13-8-2-1-3-10(12(8)14)19-20(17,18)11-6-7(15)4-5-9(11)16/h1-6H. The minimum absolute atomic E-state index is 0.0686. The van der Waals surface area contributed by atoms with Gasteiger partial charge in [-0.2, -0.15) is 8.42 Å². The molecule has 3 nitrogen and oxygen atoms in total. The Kier molecular flexibility index (Phi) is 4.17. The van der Waals surface area contributed by atoms with E-state index in [4.69, 9.17) is 23.2 Å². The summed E-state index contributed by atoms with van der Waals surface area (Å²) >= 11 is 11.5. The van der Waals surface area contributed by atoms with Crippen molar-refractivity contribution in [3.05, 3.63) is 58.1 Å². The first-order chi connectivity index (χ1) is 9.31. The van der Waals surface area contributed by atoms with Crippen LogP contribution in [0.1, 0.15) is 0 Å². The predicted octanol–water partition coefficient (Wildman–Crippen LogP) is 4.04. The van der Waals surface area contributed by atoms with Crippen LogP contribution >= 0.6 is 23.2 Å². The van der Waals surface area contributed by atoms with Crippen molar-refractivity contribution in [2.24, 2.45) is 0 Å². The number of halogens is 4. The Morgan fingerprint density at radius 1 is 1.05 bits per heavy atom. The van der Waals surface area contributed by atoms with Crippen LogP contribution in [-0.4, -0.2) is 8.42 Å². The molecule has 0 aliphatic rings. The molecule has 0 saturated carbocycles. The molecule has 106 valence electrons. The highest BCUT2D eigenvalue weighted by molar-refractivity contribution is 7.87. The third kappa shape index (κ3) is 3.03. The van der Waals surface area contributed by atoms with Gasteiger partial charge < -0.3 is 4.18 Å². The third-order valence-corrected chi connectivity index (χ3v) is 4.33. The van der Waals surface area contributed by atoms with E-state index < -0.39 is 26.6 Å². The quantitative estimate of drug-likeness (QED) is 0.793. The van der Waals surface area contributed by atoms with Gasteiger partial charge in [0, 0.05) is 0 Å². The van der Waals surface area contributed by atoms with Crippen molar-refractivity contribution in [3.63, 3.8) is 0 Å². The van der Waals surface area contributed by atoms with Crippen LogP contribution in [0.3, 0.4) is 0 Å². The van der Waals surface area contributed by atoms with Gasteiger partial charge in [0.15, 0.2) is 5.75 Å². The van der Waals surface area contributed by atoms with E-state index in [-0.39, 0.29) is 15.8 Å². The zero-order valence-electron chi connectivity index (χ0n) is 9.61. The summed E-state index contributed by atoms with van der Waals surface area (Å²) in [6, 6.07) is 6.06. The lowest BCUT2D eigenvalue weighted by Crippen LogP contribution is -2.12. The Balaban J connectivity index is 2.46. The average molecular weight is 339 g/mol. The smallest absolute Gasteiger partial charge is 0.342 e. The molecule has 0 N–H and O–H groups in total. The summed E-state index contributed by atoms with van der Waals surface area (Å²) in [5.41, 5.74) is 0. The molecule has 2 aromatic rings. The van der Waals surface area contributed by atoms with Crippen molar-refractivity contribution < 1.29 is 21.4 Å². The molecule has 0 bridgehead atoms. The SMILES string of the molecule is O=S(=O)(Oc1cccc(Cl)c1Cl)c1cc(F)ccc1F. The predicted molar refractivity (Wildman–Crippen MR) is 70.6 cm³/mol. The van der Waals surface area contributed by atoms with Gasteiger partial charge in [-0.3, -0.25) is 0 Å². The van der Waals surface area contributed by atoms with Crippen molar-refractivity contribution in [2.75, 3.05) is 0 Å². The summed E-state index contributed by atoms with van der Waals surface area (Å²) in [7, 11) is -4.56. The maximum Gasteiger partial charge on any atom is 0.342 e. The van der Waals surface area contributed by atoms with E-state index in [9.17, 15) is 17.2 Å². The van der Waals surface area contributed by atoms with Crippen LogP contribution < -0.4 is 4.18 Å². The summed E-state index contributed by atoms with van der Waals surface area (Å²) in [6.45, 7) is 0. The lowest BCUT2D eigenvalue weighted by atomic mass is 10.3. The van der Waals surface area contributed by atoms with E-state index in [1.54, 1.807) is 0 Å². The Hall–Kier alpha value is -1.37. The molecule has 2 aromatic carbocycles. The van der Waals surface area contributed by atoms with Crippen molar-refractivity contribution in [1.82, 2.24) is 0 Å². The highest BCUT2D eigenvalue weighted by Crippen LogP contribution is 2.33. The molecule has 2 rings (SSSR count). The second kappa shape index (κ2) is 5.55. The summed E-state index contributed by atoms with van der Waals surface area (Å²) in [5, 5.41) is -0.0753. The molecular weight excluding hydrogens is 333 g/mol. The van der Waals surface area contributed by atoms with Gasteiger partial charge in [0.2, 0.25) is 0 Å². The molecule has 0 aliphatic heterocycles. The molecule has 0 spiro atoms. The first-order valence-electron chi connectivity index (χ1n) is 5.15. The van der Waals surface area contributed by atoms with Gasteiger partial charge in [-0.25, -0.2) is 8.78 Å². The molecule has 20 heavy (non-hydrogen) atoms. The first kappa shape index (κ1) is 15.0. The van der Waals surface area contributed by atoms with E-state index in [1.165, 1.54) is 18.2 Å². The fraction of sp³-hybridized carbons (Fsp3) is 0. The monoisotopic (exact) mass is 338 g/mol. The number of hydrogen-bond acceptors (Lipinski definition) is 3. The minimum Gasteiger partial charge on any atom is -0.377 e. The molecule has 0 atom stereocenters. The van der Waals surface area contributed by atoms with Crippen LogP contribution in [0.15, 0.2) is 41.3 Å². The molecule has 0 heterocycles. The van der Waals surface area contributed by atoms with E-state index in [1.807, 2.05) is 0 Å².